The number of benzene rings is 2. The minimum absolute atomic E-state index is 0.0301. The molecule has 2 N–H and O–H groups in total. The second-order valence-electron chi connectivity index (χ2n) is 7.06. The monoisotopic (exact) mass is 349 g/mol. The molecular weight excluding hydrogens is 326 g/mol. The molecule has 0 unspecified atom stereocenters. The molecule has 0 aliphatic carbocycles. The van der Waals surface area contributed by atoms with E-state index >= 15 is 0 Å². The van der Waals surface area contributed by atoms with Gasteiger partial charge in [0.15, 0.2) is 0 Å². The van der Waals surface area contributed by atoms with Gasteiger partial charge in [0.1, 0.15) is 12.1 Å². The highest BCUT2D eigenvalue weighted by Gasteiger charge is 2.46. The van der Waals surface area contributed by atoms with Crippen LogP contribution in [0, 0.1) is 0 Å². The predicted octanol–water partition coefficient (Wildman–Crippen LogP) is 1.49. The van der Waals surface area contributed by atoms with Crippen molar-refractivity contribution in [3.05, 3.63) is 71.8 Å². The maximum absolute atomic E-state index is 12.9. The fourth-order valence-corrected chi connectivity index (χ4v) is 3.85. The van der Waals surface area contributed by atoms with Crippen molar-refractivity contribution in [1.29, 1.82) is 0 Å². The minimum Gasteiger partial charge on any atom is -0.342 e. The Morgan fingerprint density at radius 1 is 0.962 bits per heavy atom. The summed E-state index contributed by atoms with van der Waals surface area (Å²) in [6.07, 6.45) is 1.21. The minimum atomic E-state index is -0.464. The Labute approximate surface area is 153 Å². The zero-order valence-corrected chi connectivity index (χ0v) is 14.6. The number of hydrogen-bond donors (Lipinski definition) is 2. The first-order chi connectivity index (χ1) is 12.7. The van der Waals surface area contributed by atoms with Crippen LogP contribution in [0.5, 0.6) is 0 Å². The first kappa shape index (κ1) is 16.8. The van der Waals surface area contributed by atoms with E-state index in [0.717, 1.165) is 12.1 Å². The molecule has 2 aromatic carbocycles. The SMILES string of the molecule is O=C1N[C@@H](Cc2ccccc2)C(=O)N2C[C@@H](NCc3ccccc3)C[C@@H]12. The fourth-order valence-electron chi connectivity index (χ4n) is 3.85. The number of carbonyl (C=O) groups is 2. The van der Waals surface area contributed by atoms with Crippen LogP contribution in [0.3, 0.4) is 0 Å². The predicted molar refractivity (Wildman–Crippen MR) is 99.3 cm³/mol. The number of rotatable bonds is 5. The van der Waals surface area contributed by atoms with Gasteiger partial charge in [-0.2, -0.15) is 0 Å². The highest BCUT2D eigenvalue weighted by molar-refractivity contribution is 5.97. The van der Waals surface area contributed by atoms with E-state index in [0.29, 0.717) is 19.4 Å². The lowest BCUT2D eigenvalue weighted by Gasteiger charge is -2.34. The molecule has 0 saturated carbocycles. The summed E-state index contributed by atoms with van der Waals surface area (Å²) in [5.41, 5.74) is 2.26. The van der Waals surface area contributed by atoms with E-state index in [1.54, 1.807) is 4.90 Å². The zero-order valence-electron chi connectivity index (χ0n) is 14.6. The molecule has 134 valence electrons. The van der Waals surface area contributed by atoms with E-state index in [2.05, 4.69) is 22.8 Å². The standard InChI is InChI=1S/C21H23N3O2/c25-20-19-12-17(22-13-16-9-5-2-6-10-16)14-24(19)21(26)18(23-20)11-15-7-3-1-4-8-15/h1-10,17-19,22H,11-14H2,(H,23,25)/t17-,18-,19-/m0/s1. The molecular formula is C21H23N3O2. The van der Waals surface area contributed by atoms with Gasteiger partial charge in [-0.05, 0) is 17.5 Å². The van der Waals surface area contributed by atoms with Crippen molar-refractivity contribution in [2.24, 2.45) is 0 Å². The van der Waals surface area contributed by atoms with Crippen molar-refractivity contribution in [3.63, 3.8) is 0 Å². The number of hydrogen-bond acceptors (Lipinski definition) is 3. The Morgan fingerprint density at radius 3 is 2.31 bits per heavy atom. The largest absolute Gasteiger partial charge is 0.342 e. The molecule has 0 aromatic heterocycles. The summed E-state index contributed by atoms with van der Waals surface area (Å²) in [6, 6.07) is 19.3. The van der Waals surface area contributed by atoms with Crippen LogP contribution < -0.4 is 10.6 Å². The second-order valence-corrected chi connectivity index (χ2v) is 7.06. The van der Waals surface area contributed by atoms with Crippen molar-refractivity contribution < 1.29 is 9.59 Å². The molecule has 2 heterocycles. The van der Waals surface area contributed by atoms with Crippen molar-refractivity contribution in [2.75, 3.05) is 6.54 Å². The molecule has 5 heteroatoms. The Balaban J connectivity index is 1.39. The number of nitrogens with zero attached hydrogens (tertiary/aromatic N) is 1. The van der Waals surface area contributed by atoms with Crippen LogP contribution in [-0.2, 0) is 22.6 Å². The number of carbonyl (C=O) groups excluding carboxylic acids is 2. The van der Waals surface area contributed by atoms with Gasteiger partial charge in [-0.3, -0.25) is 9.59 Å². The maximum atomic E-state index is 12.9. The molecule has 2 aliphatic heterocycles. The Bertz CT molecular complexity index is 778. The van der Waals surface area contributed by atoms with Gasteiger partial charge in [0.2, 0.25) is 11.8 Å². The lowest BCUT2D eigenvalue weighted by atomic mass is 10.0. The van der Waals surface area contributed by atoms with E-state index in [1.807, 2.05) is 48.5 Å². The van der Waals surface area contributed by atoms with Gasteiger partial charge in [0.25, 0.3) is 0 Å². The summed E-state index contributed by atoms with van der Waals surface area (Å²) >= 11 is 0. The van der Waals surface area contributed by atoms with Crippen LogP contribution in [-0.4, -0.2) is 41.4 Å². The smallest absolute Gasteiger partial charge is 0.246 e. The van der Waals surface area contributed by atoms with E-state index in [4.69, 9.17) is 0 Å². The molecule has 2 amide bonds. The highest BCUT2D eigenvalue weighted by atomic mass is 16.2. The van der Waals surface area contributed by atoms with Crippen LogP contribution in [0.15, 0.2) is 60.7 Å². The average Bonchev–Trinajstić information content (AvgIpc) is 3.11. The van der Waals surface area contributed by atoms with E-state index in [-0.39, 0.29) is 23.9 Å². The Hall–Kier alpha value is -2.66. The third-order valence-corrected chi connectivity index (χ3v) is 5.22. The fraction of sp³-hybridized carbons (Fsp3) is 0.333. The normalized spacial score (nSPS) is 25.1. The summed E-state index contributed by atoms with van der Waals surface area (Å²) < 4.78 is 0. The summed E-state index contributed by atoms with van der Waals surface area (Å²) in [7, 11) is 0. The number of nitrogens with one attached hydrogen (secondary N) is 2. The van der Waals surface area contributed by atoms with E-state index < -0.39 is 6.04 Å². The zero-order chi connectivity index (χ0) is 17.9. The summed E-state index contributed by atoms with van der Waals surface area (Å²) in [5.74, 6) is -0.00277. The molecule has 3 atom stereocenters. The van der Waals surface area contributed by atoms with Gasteiger partial charge >= 0.3 is 0 Å². The quantitative estimate of drug-likeness (QED) is 0.860. The highest BCUT2D eigenvalue weighted by Crippen LogP contribution is 2.24. The van der Waals surface area contributed by atoms with Gasteiger partial charge in [0.05, 0.1) is 0 Å². The van der Waals surface area contributed by atoms with Crippen molar-refractivity contribution in [1.82, 2.24) is 15.5 Å². The molecule has 0 spiro atoms. The first-order valence-corrected chi connectivity index (χ1v) is 9.13. The maximum Gasteiger partial charge on any atom is 0.246 e. The van der Waals surface area contributed by atoms with E-state index in [1.165, 1.54) is 5.56 Å². The van der Waals surface area contributed by atoms with Gasteiger partial charge in [-0.15, -0.1) is 0 Å². The van der Waals surface area contributed by atoms with Crippen LogP contribution >= 0.6 is 0 Å². The van der Waals surface area contributed by atoms with Crippen LogP contribution in [0.4, 0.5) is 0 Å². The van der Waals surface area contributed by atoms with Crippen molar-refractivity contribution in [2.45, 2.75) is 37.5 Å². The Morgan fingerprint density at radius 2 is 1.62 bits per heavy atom. The molecule has 2 saturated heterocycles. The van der Waals surface area contributed by atoms with E-state index in [9.17, 15) is 9.59 Å². The van der Waals surface area contributed by atoms with Gasteiger partial charge in [-0.1, -0.05) is 60.7 Å². The van der Waals surface area contributed by atoms with Crippen molar-refractivity contribution in [3.8, 4) is 0 Å². The summed E-state index contributed by atoms with van der Waals surface area (Å²) in [4.78, 5) is 27.1. The topological polar surface area (TPSA) is 61.4 Å². The van der Waals surface area contributed by atoms with Crippen LogP contribution in [0.2, 0.25) is 0 Å². The molecule has 4 rings (SSSR count). The summed E-state index contributed by atoms with van der Waals surface area (Å²) in [5, 5.41) is 6.41. The molecule has 5 nitrogen and oxygen atoms in total. The molecule has 2 aromatic rings. The molecule has 2 aliphatic rings. The van der Waals surface area contributed by atoms with Crippen LogP contribution in [0.1, 0.15) is 17.5 Å². The second kappa shape index (κ2) is 7.30. The average molecular weight is 349 g/mol. The van der Waals surface area contributed by atoms with Gasteiger partial charge < -0.3 is 15.5 Å². The third-order valence-electron chi connectivity index (χ3n) is 5.22. The van der Waals surface area contributed by atoms with Crippen LogP contribution in [0.25, 0.3) is 0 Å². The molecule has 2 fully saturated rings. The van der Waals surface area contributed by atoms with Gasteiger partial charge in [-0.25, -0.2) is 0 Å². The summed E-state index contributed by atoms with van der Waals surface area (Å²) in [6.45, 7) is 1.34. The van der Waals surface area contributed by atoms with Gasteiger partial charge in [0, 0.05) is 25.6 Å². The first-order valence-electron chi connectivity index (χ1n) is 9.13. The molecule has 0 bridgehead atoms. The Kier molecular flexibility index (Phi) is 4.71. The number of piperazine rings is 1. The lowest BCUT2D eigenvalue weighted by Crippen LogP contribution is -2.61. The third kappa shape index (κ3) is 3.48. The lowest BCUT2D eigenvalue weighted by molar-refractivity contribution is -0.147. The number of fused-ring (bicyclic) bond motifs is 1. The molecule has 26 heavy (non-hydrogen) atoms. The van der Waals surface area contributed by atoms with Crippen molar-refractivity contribution >= 4 is 11.8 Å². The molecule has 0 radical (unpaired) electrons. The number of amides is 2.